The van der Waals surface area contributed by atoms with E-state index in [-0.39, 0.29) is 17.9 Å². The fourth-order valence-corrected chi connectivity index (χ4v) is 6.23. The normalized spacial score (nSPS) is 23.7. The highest BCUT2D eigenvalue weighted by atomic mass is 19.2. The van der Waals surface area contributed by atoms with Crippen LogP contribution in [-0.4, -0.2) is 20.0 Å². The van der Waals surface area contributed by atoms with Gasteiger partial charge in [-0.25, -0.2) is 13.8 Å². The number of benzene rings is 2. The highest BCUT2D eigenvalue weighted by Gasteiger charge is 2.59. The van der Waals surface area contributed by atoms with E-state index < -0.39 is 11.6 Å². The molecule has 4 aromatic rings. The molecule has 2 aliphatic rings. The molecule has 2 aromatic carbocycles. The number of anilines is 1. The Labute approximate surface area is 209 Å². The van der Waals surface area contributed by atoms with Crippen molar-refractivity contribution in [2.24, 2.45) is 23.7 Å². The first-order valence-electron chi connectivity index (χ1n) is 12.7. The second-order valence-corrected chi connectivity index (χ2v) is 10.7. The Bertz CT molecular complexity index is 1430. The molecule has 2 unspecified atom stereocenters. The molecular formula is C29H30F2N4O. The molecule has 2 fully saturated rings. The van der Waals surface area contributed by atoms with Crippen LogP contribution in [0.3, 0.4) is 0 Å². The van der Waals surface area contributed by atoms with Gasteiger partial charge in [0.2, 0.25) is 5.91 Å². The van der Waals surface area contributed by atoms with E-state index in [4.69, 9.17) is 0 Å². The first kappa shape index (κ1) is 23.0. The molecule has 2 aromatic heterocycles. The molecule has 36 heavy (non-hydrogen) atoms. The Morgan fingerprint density at radius 1 is 1.00 bits per heavy atom. The van der Waals surface area contributed by atoms with E-state index >= 15 is 0 Å². The monoisotopic (exact) mass is 488 g/mol. The second-order valence-electron chi connectivity index (χ2n) is 10.7. The van der Waals surface area contributed by atoms with Crippen LogP contribution in [0.15, 0.2) is 61.2 Å². The number of fused-ring (bicyclic) bond motifs is 2. The third-order valence-corrected chi connectivity index (χ3v) is 8.28. The Kier molecular flexibility index (Phi) is 5.47. The minimum Gasteiger partial charge on any atom is -0.351 e. The third kappa shape index (κ3) is 3.91. The molecule has 1 amide bonds. The molecule has 6 rings (SSSR count). The number of amides is 1. The van der Waals surface area contributed by atoms with Gasteiger partial charge >= 0.3 is 0 Å². The Hall–Kier alpha value is -3.48. The summed E-state index contributed by atoms with van der Waals surface area (Å²) in [5, 5.41) is 3.09. The average Bonchev–Trinajstić information content (AvgIpc) is 3.30. The number of nitrogens with zero attached hydrogens (tertiary/aromatic N) is 3. The number of hydrogen-bond donors (Lipinski definition) is 1. The van der Waals surface area contributed by atoms with E-state index in [1.54, 1.807) is 6.33 Å². The zero-order valence-corrected chi connectivity index (χ0v) is 20.7. The summed E-state index contributed by atoms with van der Waals surface area (Å²) in [6.45, 7) is 6.32. The minimum absolute atomic E-state index is 0.0512. The van der Waals surface area contributed by atoms with Gasteiger partial charge in [-0.05, 0) is 73.8 Å². The summed E-state index contributed by atoms with van der Waals surface area (Å²) < 4.78 is 31.5. The van der Waals surface area contributed by atoms with Gasteiger partial charge in [0.05, 0.1) is 17.4 Å². The molecular weight excluding hydrogens is 458 g/mol. The van der Waals surface area contributed by atoms with Crippen LogP contribution in [0.5, 0.6) is 0 Å². The smallest absolute Gasteiger partial charge is 0.227 e. The van der Waals surface area contributed by atoms with E-state index in [9.17, 15) is 13.6 Å². The minimum atomic E-state index is -0.873. The van der Waals surface area contributed by atoms with Crippen LogP contribution >= 0.6 is 0 Å². The quantitative estimate of drug-likeness (QED) is 0.323. The maximum absolute atomic E-state index is 13.8. The topological polar surface area (TPSA) is 51.9 Å². The lowest BCUT2D eigenvalue weighted by molar-refractivity contribution is -0.120. The standard InChI is InChI=1S/C29H30F2N4O/c1-16(2)34-9-8-19(14-34)18-4-6-20(7-5-18)33-29(36)17(3)28-22-10-21(11-23(22)28)35-15-32-26-12-24(30)25(31)13-27(26)35/h4-9,12-17,21-23,28H,10-11H2,1-3H3,(H,33,36)/t17-,21?,22-,23+,28?/m0/s1. The lowest BCUT2D eigenvalue weighted by atomic mass is 9.96. The number of rotatable bonds is 6. The van der Waals surface area contributed by atoms with Crippen LogP contribution in [-0.2, 0) is 4.79 Å². The highest BCUT2D eigenvalue weighted by Crippen LogP contribution is 2.64. The highest BCUT2D eigenvalue weighted by molar-refractivity contribution is 5.93. The third-order valence-electron chi connectivity index (χ3n) is 8.28. The molecule has 7 heteroatoms. The van der Waals surface area contributed by atoms with E-state index in [2.05, 4.69) is 47.2 Å². The van der Waals surface area contributed by atoms with Gasteiger partial charge in [0.1, 0.15) is 0 Å². The average molecular weight is 489 g/mol. The summed E-state index contributed by atoms with van der Waals surface area (Å²) in [5.74, 6) is -0.432. The lowest BCUT2D eigenvalue weighted by Crippen LogP contribution is -2.24. The molecule has 0 bridgehead atoms. The number of hydrogen-bond acceptors (Lipinski definition) is 2. The van der Waals surface area contributed by atoms with Gasteiger partial charge in [0.15, 0.2) is 11.6 Å². The number of nitrogens with one attached hydrogen (secondary N) is 1. The Morgan fingerprint density at radius 2 is 1.69 bits per heavy atom. The van der Waals surface area contributed by atoms with Crippen molar-refractivity contribution in [3.8, 4) is 11.1 Å². The predicted molar refractivity (Wildman–Crippen MR) is 136 cm³/mol. The van der Waals surface area contributed by atoms with Gasteiger partial charge in [-0.15, -0.1) is 0 Å². The van der Waals surface area contributed by atoms with E-state index in [1.165, 1.54) is 6.07 Å². The number of imidazole rings is 1. The fourth-order valence-electron chi connectivity index (χ4n) is 6.23. The van der Waals surface area contributed by atoms with Crippen LogP contribution in [0, 0.1) is 35.3 Å². The maximum atomic E-state index is 13.8. The molecule has 2 heterocycles. The number of aromatic nitrogens is 3. The van der Waals surface area contributed by atoms with E-state index in [0.717, 1.165) is 35.7 Å². The SMILES string of the molecule is CC(C)n1ccc(-c2ccc(NC(=O)[C@@H](C)C3[C@H]4CC(n5cnc6cc(F)c(F)cc65)C[C@@H]34)cc2)c1. The van der Waals surface area contributed by atoms with Crippen molar-refractivity contribution in [2.45, 2.75) is 45.7 Å². The van der Waals surface area contributed by atoms with Crippen molar-refractivity contribution in [3.63, 3.8) is 0 Å². The van der Waals surface area contributed by atoms with Crippen molar-refractivity contribution < 1.29 is 13.6 Å². The molecule has 0 spiro atoms. The van der Waals surface area contributed by atoms with Crippen LogP contribution in [0.1, 0.15) is 45.7 Å². The van der Waals surface area contributed by atoms with Crippen LogP contribution in [0.2, 0.25) is 0 Å². The first-order valence-corrected chi connectivity index (χ1v) is 12.7. The molecule has 0 aliphatic heterocycles. The molecule has 186 valence electrons. The fraction of sp³-hybridized carbons (Fsp3) is 0.379. The summed E-state index contributed by atoms with van der Waals surface area (Å²) in [6, 6.07) is 13.1. The molecule has 2 saturated carbocycles. The number of carbonyl (C=O) groups excluding carboxylic acids is 1. The van der Waals surface area contributed by atoms with Crippen molar-refractivity contribution in [1.29, 1.82) is 0 Å². The summed E-state index contributed by atoms with van der Waals surface area (Å²) in [4.78, 5) is 17.3. The summed E-state index contributed by atoms with van der Waals surface area (Å²) in [5.41, 5.74) is 4.20. The van der Waals surface area contributed by atoms with Gasteiger partial charge in [0, 0.05) is 48.2 Å². The maximum Gasteiger partial charge on any atom is 0.227 e. The molecule has 2 aliphatic carbocycles. The van der Waals surface area contributed by atoms with Gasteiger partial charge in [-0.2, -0.15) is 0 Å². The summed E-state index contributed by atoms with van der Waals surface area (Å²) >= 11 is 0. The number of carbonyl (C=O) groups is 1. The van der Waals surface area contributed by atoms with Gasteiger partial charge < -0.3 is 14.5 Å². The first-order chi connectivity index (χ1) is 17.3. The van der Waals surface area contributed by atoms with Gasteiger partial charge in [-0.1, -0.05) is 19.1 Å². The Morgan fingerprint density at radius 3 is 2.36 bits per heavy atom. The van der Waals surface area contributed by atoms with E-state index in [1.807, 2.05) is 35.8 Å². The largest absolute Gasteiger partial charge is 0.351 e. The van der Waals surface area contributed by atoms with Gasteiger partial charge in [-0.3, -0.25) is 4.79 Å². The predicted octanol–water partition coefficient (Wildman–Crippen LogP) is 6.84. The summed E-state index contributed by atoms with van der Waals surface area (Å²) in [6.07, 6.45) is 7.78. The summed E-state index contributed by atoms with van der Waals surface area (Å²) in [7, 11) is 0. The lowest BCUT2D eigenvalue weighted by Gasteiger charge is -2.20. The van der Waals surface area contributed by atoms with E-state index in [0.29, 0.717) is 34.8 Å². The Balaban J connectivity index is 1.07. The molecule has 1 N–H and O–H groups in total. The van der Waals surface area contributed by atoms with Crippen LogP contribution in [0.25, 0.3) is 22.2 Å². The molecule has 5 atom stereocenters. The van der Waals surface area contributed by atoms with Crippen molar-refractivity contribution in [2.75, 3.05) is 5.32 Å². The molecule has 5 nitrogen and oxygen atoms in total. The zero-order valence-electron chi connectivity index (χ0n) is 20.7. The van der Waals surface area contributed by atoms with Gasteiger partial charge in [0.25, 0.3) is 0 Å². The van der Waals surface area contributed by atoms with Crippen molar-refractivity contribution in [1.82, 2.24) is 14.1 Å². The van der Waals surface area contributed by atoms with Crippen molar-refractivity contribution in [3.05, 3.63) is 72.8 Å². The van der Waals surface area contributed by atoms with Crippen LogP contribution in [0.4, 0.5) is 14.5 Å². The van der Waals surface area contributed by atoms with Crippen LogP contribution < -0.4 is 5.32 Å². The molecule has 0 radical (unpaired) electrons. The second kappa shape index (κ2) is 8.57. The zero-order chi connectivity index (χ0) is 25.1. The van der Waals surface area contributed by atoms with Crippen molar-refractivity contribution >= 4 is 22.6 Å². The molecule has 0 saturated heterocycles. The number of halogens is 2.